The Morgan fingerprint density at radius 2 is 1.90 bits per heavy atom. The minimum absolute atomic E-state index is 0.552. The van der Waals surface area contributed by atoms with Gasteiger partial charge < -0.3 is 9.94 Å². The summed E-state index contributed by atoms with van der Waals surface area (Å²) in [6, 6.07) is 9.71. The molecule has 0 saturated carbocycles. The number of hydrogen-bond donors (Lipinski definition) is 1. The molecule has 0 radical (unpaired) electrons. The molecular formula is C16H23NO3. The van der Waals surface area contributed by atoms with E-state index in [1.807, 2.05) is 30.3 Å². The number of rotatable bonds is 7. The molecular weight excluding hydrogens is 254 g/mol. The topological polar surface area (TPSA) is 58.9 Å². The third-order valence-electron chi connectivity index (χ3n) is 2.96. The monoisotopic (exact) mass is 277 g/mol. The van der Waals surface area contributed by atoms with E-state index in [-0.39, 0.29) is 0 Å². The minimum Gasteiger partial charge on any atom is -0.478 e. The molecule has 0 fully saturated rings. The van der Waals surface area contributed by atoms with Gasteiger partial charge in [-0.05, 0) is 38.2 Å². The summed E-state index contributed by atoms with van der Waals surface area (Å²) >= 11 is 0. The predicted octanol–water partition coefficient (Wildman–Crippen LogP) is 3.71. The molecule has 1 aromatic rings. The first kappa shape index (κ1) is 16.2. The van der Waals surface area contributed by atoms with Crippen molar-refractivity contribution in [1.82, 2.24) is 0 Å². The van der Waals surface area contributed by atoms with Crippen LogP contribution in [0.2, 0.25) is 0 Å². The van der Waals surface area contributed by atoms with Gasteiger partial charge in [0.2, 0.25) is 5.60 Å². The van der Waals surface area contributed by atoms with Crippen molar-refractivity contribution < 1.29 is 14.7 Å². The molecule has 0 aliphatic carbocycles. The second-order valence-electron chi connectivity index (χ2n) is 5.74. The van der Waals surface area contributed by atoms with Gasteiger partial charge in [0.15, 0.2) is 0 Å². The van der Waals surface area contributed by atoms with Gasteiger partial charge in [0.1, 0.15) is 0 Å². The minimum atomic E-state index is -1.32. The van der Waals surface area contributed by atoms with E-state index in [1.54, 1.807) is 0 Å². The maximum Gasteiger partial charge on any atom is 0.350 e. The van der Waals surface area contributed by atoms with Crippen molar-refractivity contribution in [2.75, 3.05) is 0 Å². The van der Waals surface area contributed by atoms with Crippen molar-refractivity contribution in [2.24, 2.45) is 11.1 Å². The molecule has 0 saturated heterocycles. The average Bonchev–Trinajstić information content (AvgIpc) is 2.39. The van der Waals surface area contributed by atoms with Crippen molar-refractivity contribution in [3.05, 3.63) is 35.9 Å². The van der Waals surface area contributed by atoms with Crippen LogP contribution in [-0.4, -0.2) is 22.4 Å². The summed E-state index contributed by atoms with van der Waals surface area (Å²) in [6.45, 7) is 7.27. The lowest BCUT2D eigenvalue weighted by Gasteiger charge is -2.18. The molecule has 1 aromatic carbocycles. The second kappa shape index (κ2) is 7.08. The predicted molar refractivity (Wildman–Crippen MR) is 79.9 cm³/mol. The molecule has 4 nitrogen and oxygen atoms in total. The van der Waals surface area contributed by atoms with Crippen LogP contribution in [0.3, 0.4) is 0 Å². The van der Waals surface area contributed by atoms with Gasteiger partial charge >= 0.3 is 5.97 Å². The molecule has 0 bridgehead atoms. The van der Waals surface area contributed by atoms with E-state index in [9.17, 15) is 4.79 Å². The second-order valence-corrected chi connectivity index (χ2v) is 5.74. The summed E-state index contributed by atoms with van der Waals surface area (Å²) in [7, 11) is 0. The fourth-order valence-electron chi connectivity index (χ4n) is 1.51. The Balaban J connectivity index is 2.90. The highest BCUT2D eigenvalue weighted by atomic mass is 16.7. The van der Waals surface area contributed by atoms with Crippen LogP contribution in [0.1, 0.15) is 46.1 Å². The van der Waals surface area contributed by atoms with Crippen molar-refractivity contribution in [3.8, 4) is 0 Å². The Morgan fingerprint density at radius 1 is 1.30 bits per heavy atom. The molecule has 0 amide bonds. The Hall–Kier alpha value is -1.84. The summed E-state index contributed by atoms with van der Waals surface area (Å²) in [5.41, 5.74) is 0.431. The number of oxime groups is 1. The van der Waals surface area contributed by atoms with Gasteiger partial charge in [0.05, 0.1) is 5.71 Å². The number of carboxylic acids is 1. The largest absolute Gasteiger partial charge is 0.478 e. The number of benzene rings is 1. The van der Waals surface area contributed by atoms with E-state index in [0.29, 0.717) is 5.92 Å². The first-order valence-corrected chi connectivity index (χ1v) is 6.87. The zero-order valence-corrected chi connectivity index (χ0v) is 12.6. The molecule has 1 rings (SSSR count). The lowest BCUT2D eigenvalue weighted by atomic mass is 10.0. The van der Waals surface area contributed by atoms with Crippen molar-refractivity contribution in [1.29, 1.82) is 0 Å². The standard InChI is InChI=1S/C16H23NO3/c1-12(2)10-11-14(13-8-6-5-7-9-13)17-20-16(3,4)15(18)19/h5-9,12H,10-11H2,1-4H3,(H,18,19)/b17-14+. The SMILES string of the molecule is CC(C)CC/C(=N\OC(C)(C)C(=O)O)c1ccccc1. The molecule has 20 heavy (non-hydrogen) atoms. The smallest absolute Gasteiger partial charge is 0.350 e. The normalized spacial score (nSPS) is 12.6. The maximum atomic E-state index is 11.0. The van der Waals surface area contributed by atoms with Crippen LogP contribution in [0.4, 0.5) is 0 Å². The van der Waals surface area contributed by atoms with Gasteiger partial charge in [0.25, 0.3) is 0 Å². The van der Waals surface area contributed by atoms with E-state index in [1.165, 1.54) is 13.8 Å². The van der Waals surface area contributed by atoms with Crippen LogP contribution < -0.4 is 0 Å². The van der Waals surface area contributed by atoms with Crippen molar-refractivity contribution in [3.63, 3.8) is 0 Å². The van der Waals surface area contributed by atoms with Gasteiger partial charge in [-0.2, -0.15) is 0 Å². The fourth-order valence-corrected chi connectivity index (χ4v) is 1.51. The molecule has 0 unspecified atom stereocenters. The van der Waals surface area contributed by atoms with Crippen molar-refractivity contribution in [2.45, 2.75) is 46.1 Å². The average molecular weight is 277 g/mol. The van der Waals surface area contributed by atoms with E-state index < -0.39 is 11.6 Å². The summed E-state index contributed by atoms with van der Waals surface area (Å²) < 4.78 is 0. The summed E-state index contributed by atoms with van der Waals surface area (Å²) in [4.78, 5) is 16.3. The van der Waals surface area contributed by atoms with E-state index in [4.69, 9.17) is 9.94 Å². The summed E-state index contributed by atoms with van der Waals surface area (Å²) in [5.74, 6) is -0.478. The molecule has 0 heterocycles. The van der Waals surface area contributed by atoms with Crippen molar-refractivity contribution >= 4 is 11.7 Å². The van der Waals surface area contributed by atoms with Crippen LogP contribution in [-0.2, 0) is 9.63 Å². The van der Waals surface area contributed by atoms with Gasteiger partial charge in [-0.3, -0.25) is 0 Å². The van der Waals surface area contributed by atoms with Crippen LogP contribution in [0.25, 0.3) is 0 Å². The summed E-state index contributed by atoms with van der Waals surface area (Å²) in [6.07, 6.45) is 1.74. The molecule has 0 atom stereocenters. The van der Waals surface area contributed by atoms with Crippen LogP contribution in [0.15, 0.2) is 35.5 Å². The van der Waals surface area contributed by atoms with Crippen LogP contribution in [0.5, 0.6) is 0 Å². The molecule has 0 aliphatic heterocycles. The quantitative estimate of drug-likeness (QED) is 0.610. The zero-order valence-electron chi connectivity index (χ0n) is 12.6. The Morgan fingerprint density at radius 3 is 2.40 bits per heavy atom. The highest BCUT2D eigenvalue weighted by Crippen LogP contribution is 2.15. The highest BCUT2D eigenvalue weighted by Gasteiger charge is 2.29. The Labute approximate surface area is 120 Å². The number of aliphatic carboxylic acids is 1. The number of carboxylic acid groups (broad SMARTS) is 1. The molecule has 1 N–H and O–H groups in total. The first-order valence-electron chi connectivity index (χ1n) is 6.87. The molecule has 0 spiro atoms. The van der Waals surface area contributed by atoms with Gasteiger partial charge in [-0.1, -0.05) is 49.3 Å². The third-order valence-corrected chi connectivity index (χ3v) is 2.96. The Bertz CT molecular complexity index is 464. The van der Waals surface area contributed by atoms with E-state index in [0.717, 1.165) is 24.1 Å². The maximum absolute atomic E-state index is 11.0. The van der Waals surface area contributed by atoms with Crippen LogP contribution in [0, 0.1) is 5.92 Å². The third kappa shape index (κ3) is 5.03. The highest BCUT2D eigenvalue weighted by molar-refractivity contribution is 6.00. The van der Waals surface area contributed by atoms with E-state index in [2.05, 4.69) is 19.0 Å². The Kier molecular flexibility index (Phi) is 5.74. The fraction of sp³-hybridized carbons (Fsp3) is 0.500. The van der Waals surface area contributed by atoms with Crippen LogP contribution >= 0.6 is 0 Å². The molecule has 0 aliphatic rings. The van der Waals surface area contributed by atoms with Gasteiger partial charge in [-0.25, -0.2) is 4.79 Å². The molecule has 110 valence electrons. The number of carbonyl (C=O) groups is 1. The lowest BCUT2D eigenvalue weighted by molar-refractivity contribution is -0.161. The van der Waals surface area contributed by atoms with E-state index >= 15 is 0 Å². The number of nitrogens with zero attached hydrogens (tertiary/aromatic N) is 1. The molecule has 0 aromatic heterocycles. The van der Waals surface area contributed by atoms with Gasteiger partial charge in [0, 0.05) is 0 Å². The summed E-state index contributed by atoms with van der Waals surface area (Å²) in [5, 5.41) is 13.1. The lowest BCUT2D eigenvalue weighted by Crippen LogP contribution is -2.33. The van der Waals surface area contributed by atoms with Gasteiger partial charge in [-0.15, -0.1) is 0 Å². The number of hydrogen-bond acceptors (Lipinski definition) is 3. The zero-order chi connectivity index (χ0) is 15.2. The molecule has 4 heteroatoms. The first-order chi connectivity index (χ1) is 9.33.